The van der Waals surface area contributed by atoms with Crippen LogP contribution in [0.4, 0.5) is 4.39 Å². The number of pyridine rings is 1. The van der Waals surface area contributed by atoms with Crippen LogP contribution in [0.25, 0.3) is 0 Å². The molecule has 0 bridgehead atoms. The zero-order chi connectivity index (χ0) is 13.7. The number of ketones is 1. The molecule has 19 heavy (non-hydrogen) atoms. The van der Waals surface area contributed by atoms with E-state index in [2.05, 4.69) is 4.98 Å². The topological polar surface area (TPSA) is 39.2 Å². The molecule has 3 nitrogen and oxygen atoms in total. The van der Waals surface area contributed by atoms with Crippen molar-refractivity contribution in [2.75, 3.05) is 7.11 Å². The van der Waals surface area contributed by atoms with E-state index < -0.39 is 5.82 Å². The Hall–Kier alpha value is -2.23. The third-order valence-corrected chi connectivity index (χ3v) is 2.85. The Labute approximate surface area is 111 Å². The fraction of sp³-hybridized carbons (Fsp3) is 0.200. The van der Waals surface area contributed by atoms with Crippen molar-refractivity contribution >= 4 is 5.78 Å². The van der Waals surface area contributed by atoms with Gasteiger partial charge in [-0.05, 0) is 42.3 Å². The van der Waals surface area contributed by atoms with Gasteiger partial charge in [0.1, 0.15) is 11.6 Å². The lowest BCUT2D eigenvalue weighted by Crippen LogP contribution is -2.04. The van der Waals surface area contributed by atoms with Gasteiger partial charge in [-0.2, -0.15) is 0 Å². The summed E-state index contributed by atoms with van der Waals surface area (Å²) in [5.74, 6) is -0.164. The molecular formula is C15H14FNO2. The lowest BCUT2D eigenvalue weighted by molar-refractivity contribution is 0.0979. The number of methoxy groups -OCH3 is 1. The standard InChI is InChI=1S/C15H14FNO2/c1-19-15-5-3-12(16)10-13(15)14(18)4-2-11-6-8-17-9-7-11/h3,5-10H,2,4H2,1H3. The lowest BCUT2D eigenvalue weighted by Gasteiger charge is -2.07. The van der Waals surface area contributed by atoms with Gasteiger partial charge < -0.3 is 4.74 Å². The number of aromatic nitrogens is 1. The van der Waals surface area contributed by atoms with Gasteiger partial charge in [0.15, 0.2) is 5.78 Å². The summed E-state index contributed by atoms with van der Waals surface area (Å²) < 4.78 is 18.3. The highest BCUT2D eigenvalue weighted by Crippen LogP contribution is 2.21. The Kier molecular flexibility index (Phi) is 4.23. The van der Waals surface area contributed by atoms with Crippen LogP contribution in [0, 0.1) is 5.82 Å². The molecule has 0 N–H and O–H groups in total. The zero-order valence-electron chi connectivity index (χ0n) is 10.6. The number of hydrogen-bond acceptors (Lipinski definition) is 3. The molecule has 0 spiro atoms. The van der Waals surface area contributed by atoms with E-state index in [-0.39, 0.29) is 11.3 Å². The van der Waals surface area contributed by atoms with Crippen LogP contribution in [-0.2, 0) is 6.42 Å². The molecule has 4 heteroatoms. The van der Waals surface area contributed by atoms with Crippen LogP contribution in [0.5, 0.6) is 5.75 Å². The van der Waals surface area contributed by atoms with Crippen LogP contribution >= 0.6 is 0 Å². The Bertz CT molecular complexity index is 570. The van der Waals surface area contributed by atoms with Gasteiger partial charge >= 0.3 is 0 Å². The number of hydrogen-bond donors (Lipinski definition) is 0. The van der Waals surface area contributed by atoms with Crippen LogP contribution in [0.3, 0.4) is 0 Å². The van der Waals surface area contributed by atoms with Gasteiger partial charge in [0.25, 0.3) is 0 Å². The molecule has 0 saturated heterocycles. The smallest absolute Gasteiger partial charge is 0.167 e. The van der Waals surface area contributed by atoms with E-state index >= 15 is 0 Å². The summed E-state index contributed by atoms with van der Waals surface area (Å²) in [5, 5.41) is 0. The average Bonchev–Trinajstić information content (AvgIpc) is 2.46. The fourth-order valence-electron chi connectivity index (χ4n) is 1.84. The van der Waals surface area contributed by atoms with Crippen molar-refractivity contribution in [3.8, 4) is 5.75 Å². The number of carbonyl (C=O) groups excluding carboxylic acids is 1. The fourth-order valence-corrected chi connectivity index (χ4v) is 1.84. The average molecular weight is 259 g/mol. The first kappa shape index (κ1) is 13.2. The molecule has 0 atom stereocenters. The molecule has 0 saturated carbocycles. The van der Waals surface area contributed by atoms with Gasteiger partial charge in [0, 0.05) is 18.8 Å². The van der Waals surface area contributed by atoms with Gasteiger partial charge in [0.2, 0.25) is 0 Å². The van der Waals surface area contributed by atoms with Crippen molar-refractivity contribution < 1.29 is 13.9 Å². The van der Waals surface area contributed by atoms with Crippen LogP contribution in [0.1, 0.15) is 22.3 Å². The first-order chi connectivity index (χ1) is 9.20. The Morgan fingerprint density at radius 2 is 2.00 bits per heavy atom. The minimum absolute atomic E-state index is 0.131. The number of halogens is 1. The van der Waals surface area contributed by atoms with E-state index in [1.165, 1.54) is 25.3 Å². The summed E-state index contributed by atoms with van der Waals surface area (Å²) in [4.78, 5) is 16.0. The predicted octanol–water partition coefficient (Wildman–Crippen LogP) is 3.04. The van der Waals surface area contributed by atoms with Crippen molar-refractivity contribution in [3.05, 3.63) is 59.7 Å². The largest absolute Gasteiger partial charge is 0.496 e. The number of aryl methyl sites for hydroxylation is 1. The molecular weight excluding hydrogens is 245 g/mol. The highest BCUT2D eigenvalue weighted by atomic mass is 19.1. The zero-order valence-corrected chi connectivity index (χ0v) is 10.6. The summed E-state index contributed by atoms with van der Waals surface area (Å²) in [7, 11) is 1.47. The summed E-state index contributed by atoms with van der Waals surface area (Å²) in [6.45, 7) is 0. The van der Waals surface area contributed by atoms with E-state index in [1.54, 1.807) is 12.4 Å². The number of ether oxygens (including phenoxy) is 1. The number of rotatable bonds is 5. The predicted molar refractivity (Wildman–Crippen MR) is 69.8 cm³/mol. The normalized spacial score (nSPS) is 10.2. The van der Waals surface area contributed by atoms with Crippen molar-refractivity contribution in [3.63, 3.8) is 0 Å². The summed E-state index contributed by atoms with van der Waals surface area (Å²) in [5.41, 5.74) is 1.32. The number of benzene rings is 1. The van der Waals surface area contributed by atoms with Crippen molar-refractivity contribution in [2.45, 2.75) is 12.8 Å². The number of Topliss-reactive ketones (excluding diaryl/α,β-unsaturated/α-hetero) is 1. The monoisotopic (exact) mass is 259 g/mol. The SMILES string of the molecule is COc1ccc(F)cc1C(=O)CCc1ccncc1. The molecule has 0 amide bonds. The third kappa shape index (κ3) is 3.37. The van der Waals surface area contributed by atoms with Gasteiger partial charge in [-0.25, -0.2) is 4.39 Å². The van der Waals surface area contributed by atoms with E-state index in [0.29, 0.717) is 18.6 Å². The number of nitrogens with zero attached hydrogens (tertiary/aromatic N) is 1. The van der Waals surface area contributed by atoms with Crippen molar-refractivity contribution in [1.82, 2.24) is 4.98 Å². The summed E-state index contributed by atoms with van der Waals surface area (Å²) in [6, 6.07) is 7.67. The maximum absolute atomic E-state index is 13.2. The second-order valence-corrected chi connectivity index (χ2v) is 4.12. The molecule has 1 heterocycles. The molecule has 0 aliphatic carbocycles. The van der Waals surface area contributed by atoms with Crippen molar-refractivity contribution in [2.24, 2.45) is 0 Å². The molecule has 0 unspecified atom stereocenters. The first-order valence-electron chi connectivity index (χ1n) is 5.96. The second kappa shape index (κ2) is 6.09. The minimum Gasteiger partial charge on any atom is -0.496 e. The van der Waals surface area contributed by atoms with E-state index in [0.717, 1.165) is 5.56 Å². The van der Waals surface area contributed by atoms with E-state index in [4.69, 9.17) is 4.74 Å². The van der Waals surface area contributed by atoms with Crippen LogP contribution in [0.15, 0.2) is 42.7 Å². The highest BCUT2D eigenvalue weighted by Gasteiger charge is 2.13. The lowest BCUT2D eigenvalue weighted by atomic mass is 10.0. The molecule has 1 aromatic carbocycles. The molecule has 0 radical (unpaired) electrons. The number of carbonyl (C=O) groups is 1. The molecule has 0 fully saturated rings. The van der Waals surface area contributed by atoms with Crippen molar-refractivity contribution in [1.29, 1.82) is 0 Å². The Balaban J connectivity index is 2.10. The maximum atomic E-state index is 13.2. The van der Waals surface area contributed by atoms with E-state index in [1.807, 2.05) is 12.1 Å². The van der Waals surface area contributed by atoms with E-state index in [9.17, 15) is 9.18 Å². The van der Waals surface area contributed by atoms with Gasteiger partial charge in [0.05, 0.1) is 12.7 Å². The highest BCUT2D eigenvalue weighted by molar-refractivity contribution is 5.98. The third-order valence-electron chi connectivity index (χ3n) is 2.85. The quantitative estimate of drug-likeness (QED) is 0.775. The minimum atomic E-state index is -0.437. The van der Waals surface area contributed by atoms with Gasteiger partial charge in [-0.3, -0.25) is 9.78 Å². The first-order valence-corrected chi connectivity index (χ1v) is 5.96. The molecule has 2 rings (SSSR count). The maximum Gasteiger partial charge on any atom is 0.167 e. The second-order valence-electron chi connectivity index (χ2n) is 4.12. The molecule has 1 aromatic heterocycles. The van der Waals surface area contributed by atoms with Gasteiger partial charge in [-0.15, -0.1) is 0 Å². The molecule has 0 aliphatic rings. The summed E-state index contributed by atoms with van der Waals surface area (Å²) >= 11 is 0. The van der Waals surface area contributed by atoms with Crippen LogP contribution in [0.2, 0.25) is 0 Å². The van der Waals surface area contributed by atoms with Crippen LogP contribution in [-0.4, -0.2) is 17.9 Å². The Morgan fingerprint density at radius 1 is 1.26 bits per heavy atom. The molecule has 0 aliphatic heterocycles. The van der Waals surface area contributed by atoms with Crippen LogP contribution < -0.4 is 4.74 Å². The molecule has 98 valence electrons. The Morgan fingerprint density at radius 3 is 2.68 bits per heavy atom. The molecule has 2 aromatic rings. The van der Waals surface area contributed by atoms with Gasteiger partial charge in [-0.1, -0.05) is 0 Å². The summed E-state index contributed by atoms with van der Waals surface area (Å²) in [6.07, 6.45) is 4.27.